The lowest BCUT2D eigenvalue weighted by molar-refractivity contribution is 0.0958. The number of carbonyl (C=O) groups excluding carboxylic acids is 1. The molecule has 1 rings (SSSR count). The number of ketones is 1. The van der Waals surface area contributed by atoms with Gasteiger partial charge in [-0.05, 0) is 32.1 Å². The Labute approximate surface area is 127 Å². The summed E-state index contributed by atoms with van der Waals surface area (Å²) in [6, 6.07) is 5.94. The molecule has 0 aliphatic carbocycles. The van der Waals surface area contributed by atoms with Crippen LogP contribution in [0.4, 0.5) is 4.39 Å². The zero-order valence-electron chi connectivity index (χ0n) is 13.6. The van der Waals surface area contributed by atoms with Crippen molar-refractivity contribution in [3.8, 4) is 0 Å². The molecule has 3 nitrogen and oxygen atoms in total. The molecule has 0 atom stereocenters. The molecule has 1 aromatic rings. The summed E-state index contributed by atoms with van der Waals surface area (Å²) in [7, 11) is 4.09. The molecule has 0 saturated heterocycles. The average Bonchev–Trinajstić information content (AvgIpc) is 2.40. The van der Waals surface area contributed by atoms with Gasteiger partial charge in [0.25, 0.3) is 0 Å². The minimum atomic E-state index is -0.354. The molecule has 0 aromatic heterocycles. The second-order valence-electron chi connectivity index (χ2n) is 6.18. The van der Waals surface area contributed by atoms with Gasteiger partial charge in [-0.2, -0.15) is 0 Å². The van der Waals surface area contributed by atoms with Crippen molar-refractivity contribution in [2.75, 3.05) is 40.3 Å². The van der Waals surface area contributed by atoms with Crippen LogP contribution in [0.3, 0.4) is 0 Å². The molecule has 0 aliphatic heterocycles. The molecule has 0 saturated carbocycles. The summed E-state index contributed by atoms with van der Waals surface area (Å²) >= 11 is 0. The van der Waals surface area contributed by atoms with Crippen LogP contribution in [-0.2, 0) is 0 Å². The van der Waals surface area contributed by atoms with Crippen molar-refractivity contribution in [2.24, 2.45) is 5.92 Å². The summed E-state index contributed by atoms with van der Waals surface area (Å²) in [5, 5.41) is 0. The first-order valence-corrected chi connectivity index (χ1v) is 7.54. The quantitative estimate of drug-likeness (QED) is 0.654. The van der Waals surface area contributed by atoms with Crippen molar-refractivity contribution in [1.82, 2.24) is 9.80 Å². The smallest absolute Gasteiger partial charge is 0.164 e. The summed E-state index contributed by atoms with van der Waals surface area (Å²) in [4.78, 5) is 16.6. The molecule has 0 spiro atoms. The third-order valence-electron chi connectivity index (χ3n) is 3.29. The second-order valence-corrected chi connectivity index (χ2v) is 6.18. The third-order valence-corrected chi connectivity index (χ3v) is 3.29. The van der Waals surface area contributed by atoms with Crippen LogP contribution in [0.15, 0.2) is 24.3 Å². The first-order chi connectivity index (χ1) is 9.88. The van der Waals surface area contributed by atoms with Gasteiger partial charge in [0.15, 0.2) is 5.78 Å². The van der Waals surface area contributed by atoms with Gasteiger partial charge >= 0.3 is 0 Å². The lowest BCUT2D eigenvalue weighted by atomic mass is 10.1. The molecule has 0 heterocycles. The summed E-state index contributed by atoms with van der Waals surface area (Å²) in [5.41, 5.74) is 0.465. The zero-order valence-corrected chi connectivity index (χ0v) is 13.6. The lowest BCUT2D eigenvalue weighted by Gasteiger charge is -2.25. The number of rotatable bonds is 9. The van der Waals surface area contributed by atoms with Crippen molar-refractivity contribution in [3.05, 3.63) is 35.6 Å². The molecule has 21 heavy (non-hydrogen) atoms. The van der Waals surface area contributed by atoms with E-state index in [2.05, 4.69) is 23.6 Å². The molecular formula is C17H27FN2O. The summed E-state index contributed by atoms with van der Waals surface area (Å²) in [6.45, 7) is 7.97. The maximum absolute atomic E-state index is 13.1. The van der Waals surface area contributed by atoms with Crippen LogP contribution in [0.1, 0.15) is 30.6 Å². The number of Topliss-reactive ketones (excluding diaryl/α,β-unsaturated/α-hetero) is 1. The van der Waals surface area contributed by atoms with E-state index < -0.39 is 0 Å². The molecule has 118 valence electrons. The van der Waals surface area contributed by atoms with Crippen LogP contribution in [0.5, 0.6) is 0 Å². The highest BCUT2D eigenvalue weighted by molar-refractivity contribution is 5.96. The number of hydrogen-bond donors (Lipinski definition) is 0. The van der Waals surface area contributed by atoms with E-state index in [1.807, 2.05) is 14.1 Å². The maximum Gasteiger partial charge on any atom is 0.164 e. The van der Waals surface area contributed by atoms with E-state index in [0.29, 0.717) is 17.9 Å². The topological polar surface area (TPSA) is 23.6 Å². The van der Waals surface area contributed by atoms with Crippen molar-refractivity contribution in [1.29, 1.82) is 0 Å². The van der Waals surface area contributed by atoms with Crippen molar-refractivity contribution < 1.29 is 9.18 Å². The first kappa shape index (κ1) is 17.8. The Morgan fingerprint density at radius 2 is 1.90 bits per heavy atom. The normalized spacial score (nSPS) is 11.6. The molecule has 0 N–H and O–H groups in total. The van der Waals surface area contributed by atoms with Crippen LogP contribution in [-0.4, -0.2) is 55.9 Å². The maximum atomic E-state index is 13.1. The van der Waals surface area contributed by atoms with Gasteiger partial charge in [0.05, 0.1) is 0 Å². The van der Waals surface area contributed by atoms with E-state index in [4.69, 9.17) is 0 Å². The minimum Gasteiger partial charge on any atom is -0.308 e. The van der Waals surface area contributed by atoms with Crippen molar-refractivity contribution >= 4 is 5.78 Å². The Morgan fingerprint density at radius 3 is 2.48 bits per heavy atom. The monoisotopic (exact) mass is 294 g/mol. The van der Waals surface area contributed by atoms with Crippen molar-refractivity contribution in [3.63, 3.8) is 0 Å². The van der Waals surface area contributed by atoms with Crippen LogP contribution in [0, 0.1) is 11.7 Å². The fourth-order valence-corrected chi connectivity index (χ4v) is 2.22. The molecule has 0 radical (unpaired) electrons. The molecule has 0 fully saturated rings. The van der Waals surface area contributed by atoms with E-state index in [-0.39, 0.29) is 11.6 Å². The van der Waals surface area contributed by atoms with E-state index in [1.54, 1.807) is 12.1 Å². The third kappa shape index (κ3) is 7.34. The molecular weight excluding hydrogens is 267 g/mol. The van der Waals surface area contributed by atoms with Gasteiger partial charge in [-0.1, -0.05) is 26.0 Å². The van der Waals surface area contributed by atoms with E-state index in [9.17, 15) is 9.18 Å². The van der Waals surface area contributed by atoms with Crippen molar-refractivity contribution in [2.45, 2.75) is 20.3 Å². The van der Waals surface area contributed by atoms with Crippen LogP contribution in [0.25, 0.3) is 0 Å². The number of nitrogens with zero attached hydrogens (tertiary/aromatic N) is 2. The average molecular weight is 294 g/mol. The number of halogens is 1. The summed E-state index contributed by atoms with van der Waals surface area (Å²) < 4.78 is 13.1. The number of hydrogen-bond acceptors (Lipinski definition) is 3. The Morgan fingerprint density at radius 1 is 1.19 bits per heavy atom. The molecule has 4 heteroatoms. The highest BCUT2D eigenvalue weighted by Crippen LogP contribution is 2.08. The number of carbonyl (C=O) groups is 1. The van der Waals surface area contributed by atoms with E-state index in [1.165, 1.54) is 12.1 Å². The molecule has 0 unspecified atom stereocenters. The second kappa shape index (κ2) is 8.90. The van der Waals surface area contributed by atoms with Gasteiger partial charge in [-0.15, -0.1) is 0 Å². The van der Waals surface area contributed by atoms with Crippen LogP contribution in [0.2, 0.25) is 0 Å². The Kier molecular flexibility index (Phi) is 7.54. The lowest BCUT2D eigenvalue weighted by Crippen LogP contribution is -2.35. The summed E-state index contributed by atoms with van der Waals surface area (Å²) in [5.74, 6) is 0.219. The molecule has 1 aromatic carbocycles. The summed E-state index contributed by atoms with van der Waals surface area (Å²) in [6.07, 6.45) is 0.434. The Balaban J connectivity index is 2.52. The molecule has 0 aliphatic rings. The minimum absolute atomic E-state index is 0.00751. The predicted molar refractivity (Wildman–Crippen MR) is 85.2 cm³/mol. The van der Waals surface area contributed by atoms with Gasteiger partial charge < -0.3 is 9.80 Å². The molecule has 0 amide bonds. The van der Waals surface area contributed by atoms with E-state index >= 15 is 0 Å². The standard InChI is InChI=1S/C17H27FN2O/c1-14(2)13-20(11-10-19(3)4)9-8-17(21)15-6-5-7-16(18)12-15/h5-7,12,14H,8-11,13H2,1-4H3. The number of likely N-dealkylation sites (N-methyl/N-ethyl adjacent to an activating group) is 1. The Bertz CT molecular complexity index is 446. The van der Waals surface area contributed by atoms with Gasteiger partial charge in [-0.3, -0.25) is 4.79 Å². The molecule has 0 bridgehead atoms. The number of benzene rings is 1. The Hall–Kier alpha value is -1.26. The largest absolute Gasteiger partial charge is 0.308 e. The van der Waals surface area contributed by atoms with E-state index in [0.717, 1.165) is 26.2 Å². The first-order valence-electron chi connectivity index (χ1n) is 7.54. The van der Waals surface area contributed by atoms with Gasteiger partial charge in [0.2, 0.25) is 0 Å². The van der Waals surface area contributed by atoms with Gasteiger partial charge in [0, 0.05) is 38.2 Å². The van der Waals surface area contributed by atoms with Gasteiger partial charge in [-0.25, -0.2) is 4.39 Å². The SMILES string of the molecule is CC(C)CN(CCC(=O)c1cccc(F)c1)CCN(C)C. The zero-order chi connectivity index (χ0) is 15.8. The highest BCUT2D eigenvalue weighted by atomic mass is 19.1. The fraction of sp³-hybridized carbons (Fsp3) is 0.588. The predicted octanol–water partition coefficient (Wildman–Crippen LogP) is 2.92. The van der Waals surface area contributed by atoms with Crippen LogP contribution >= 0.6 is 0 Å². The van der Waals surface area contributed by atoms with Gasteiger partial charge in [0.1, 0.15) is 5.82 Å². The highest BCUT2D eigenvalue weighted by Gasteiger charge is 2.12. The fourth-order valence-electron chi connectivity index (χ4n) is 2.22. The van der Waals surface area contributed by atoms with Crippen LogP contribution < -0.4 is 0 Å².